The van der Waals surface area contributed by atoms with Gasteiger partial charge in [-0.1, -0.05) is 13.3 Å². The third-order valence-electron chi connectivity index (χ3n) is 2.93. The topological polar surface area (TPSA) is 89.9 Å². The SMILES string of the molecule is CCCC(CC(=O)O)NC(=O)N(C)c1ccc(O)cc1. The van der Waals surface area contributed by atoms with Gasteiger partial charge in [0.25, 0.3) is 0 Å². The zero-order chi connectivity index (χ0) is 15.1. The summed E-state index contributed by atoms with van der Waals surface area (Å²) in [6.07, 6.45) is 1.31. The highest BCUT2D eigenvalue weighted by Gasteiger charge is 2.18. The molecule has 0 fully saturated rings. The Morgan fingerprint density at radius 2 is 1.90 bits per heavy atom. The third kappa shape index (κ3) is 4.79. The van der Waals surface area contributed by atoms with E-state index < -0.39 is 5.97 Å². The zero-order valence-electron chi connectivity index (χ0n) is 11.7. The normalized spacial score (nSPS) is 11.7. The molecule has 1 aromatic carbocycles. The number of carboxylic acid groups (broad SMARTS) is 1. The number of aliphatic carboxylic acids is 1. The molecule has 110 valence electrons. The van der Waals surface area contributed by atoms with Gasteiger partial charge in [-0.3, -0.25) is 9.69 Å². The molecular formula is C14H20N2O4. The van der Waals surface area contributed by atoms with Gasteiger partial charge in [0.1, 0.15) is 5.75 Å². The predicted molar refractivity (Wildman–Crippen MR) is 76.0 cm³/mol. The van der Waals surface area contributed by atoms with E-state index >= 15 is 0 Å². The summed E-state index contributed by atoms with van der Waals surface area (Å²) in [5, 5.41) is 20.7. The van der Waals surface area contributed by atoms with E-state index in [9.17, 15) is 14.7 Å². The van der Waals surface area contributed by atoms with Crippen molar-refractivity contribution in [3.05, 3.63) is 24.3 Å². The molecular weight excluding hydrogens is 260 g/mol. The van der Waals surface area contributed by atoms with Crippen molar-refractivity contribution in [1.82, 2.24) is 5.32 Å². The molecule has 1 aromatic rings. The average Bonchev–Trinajstić information content (AvgIpc) is 2.38. The van der Waals surface area contributed by atoms with Crippen LogP contribution in [-0.4, -0.2) is 35.3 Å². The third-order valence-corrected chi connectivity index (χ3v) is 2.93. The standard InChI is InChI=1S/C14H20N2O4/c1-3-4-10(9-13(18)19)15-14(20)16(2)11-5-7-12(17)8-6-11/h5-8,10,17H,3-4,9H2,1-2H3,(H,15,20)(H,18,19). The first-order valence-corrected chi connectivity index (χ1v) is 6.49. The van der Waals surface area contributed by atoms with E-state index in [1.54, 1.807) is 19.2 Å². The van der Waals surface area contributed by atoms with Crippen LogP contribution in [0, 0.1) is 0 Å². The van der Waals surface area contributed by atoms with Gasteiger partial charge in [-0.2, -0.15) is 0 Å². The van der Waals surface area contributed by atoms with Crippen LogP contribution in [-0.2, 0) is 4.79 Å². The summed E-state index contributed by atoms with van der Waals surface area (Å²) in [4.78, 5) is 24.2. The number of urea groups is 1. The molecule has 20 heavy (non-hydrogen) atoms. The lowest BCUT2D eigenvalue weighted by molar-refractivity contribution is -0.137. The second kappa shape index (κ2) is 7.37. The minimum atomic E-state index is -0.934. The Labute approximate surface area is 118 Å². The van der Waals surface area contributed by atoms with E-state index in [-0.39, 0.29) is 24.2 Å². The number of carbonyl (C=O) groups is 2. The molecule has 1 rings (SSSR count). The van der Waals surface area contributed by atoms with Crippen molar-refractivity contribution >= 4 is 17.7 Å². The number of benzene rings is 1. The minimum Gasteiger partial charge on any atom is -0.508 e. The summed E-state index contributed by atoms with van der Waals surface area (Å²) in [5.41, 5.74) is 0.617. The van der Waals surface area contributed by atoms with E-state index in [1.807, 2.05) is 6.92 Å². The van der Waals surface area contributed by atoms with E-state index in [0.717, 1.165) is 6.42 Å². The molecule has 0 aliphatic rings. The van der Waals surface area contributed by atoms with Crippen molar-refractivity contribution in [1.29, 1.82) is 0 Å². The van der Waals surface area contributed by atoms with Crippen molar-refractivity contribution in [2.75, 3.05) is 11.9 Å². The van der Waals surface area contributed by atoms with Crippen LogP contribution in [0.5, 0.6) is 5.75 Å². The van der Waals surface area contributed by atoms with Crippen LogP contribution < -0.4 is 10.2 Å². The van der Waals surface area contributed by atoms with Gasteiger partial charge < -0.3 is 15.5 Å². The molecule has 0 spiro atoms. The summed E-state index contributed by atoms with van der Waals surface area (Å²) in [6, 6.07) is 5.45. The second-order valence-corrected chi connectivity index (χ2v) is 4.61. The molecule has 0 radical (unpaired) electrons. The first-order valence-electron chi connectivity index (χ1n) is 6.49. The molecule has 2 amide bonds. The highest BCUT2D eigenvalue weighted by atomic mass is 16.4. The summed E-state index contributed by atoms with van der Waals surface area (Å²) < 4.78 is 0. The average molecular weight is 280 g/mol. The Balaban J connectivity index is 2.67. The van der Waals surface area contributed by atoms with Crippen LogP contribution in [0.25, 0.3) is 0 Å². The number of amides is 2. The largest absolute Gasteiger partial charge is 0.508 e. The number of rotatable bonds is 6. The van der Waals surface area contributed by atoms with Gasteiger partial charge in [0, 0.05) is 18.8 Å². The molecule has 0 aliphatic carbocycles. The number of carboxylic acids is 1. The molecule has 0 bridgehead atoms. The van der Waals surface area contributed by atoms with Gasteiger partial charge >= 0.3 is 12.0 Å². The van der Waals surface area contributed by atoms with E-state index in [0.29, 0.717) is 12.1 Å². The van der Waals surface area contributed by atoms with Crippen LogP contribution >= 0.6 is 0 Å². The highest BCUT2D eigenvalue weighted by molar-refractivity contribution is 5.91. The predicted octanol–water partition coefficient (Wildman–Crippen LogP) is 2.18. The molecule has 6 nitrogen and oxygen atoms in total. The number of phenolic OH excluding ortho intramolecular Hbond substituents is 1. The number of carbonyl (C=O) groups excluding carboxylic acids is 1. The van der Waals surface area contributed by atoms with Gasteiger partial charge in [0.05, 0.1) is 6.42 Å². The number of nitrogens with zero attached hydrogens (tertiary/aromatic N) is 1. The Kier molecular flexibility index (Phi) is 5.83. The Morgan fingerprint density at radius 3 is 2.40 bits per heavy atom. The quantitative estimate of drug-likeness (QED) is 0.745. The Hall–Kier alpha value is -2.24. The lowest BCUT2D eigenvalue weighted by atomic mass is 10.1. The summed E-state index contributed by atoms with van der Waals surface area (Å²) >= 11 is 0. The molecule has 1 unspecified atom stereocenters. The van der Waals surface area contributed by atoms with Gasteiger partial charge in [-0.05, 0) is 30.7 Å². The second-order valence-electron chi connectivity index (χ2n) is 4.61. The number of hydrogen-bond acceptors (Lipinski definition) is 3. The van der Waals surface area contributed by atoms with Crippen LogP contribution in [0.3, 0.4) is 0 Å². The van der Waals surface area contributed by atoms with Gasteiger partial charge in [0.2, 0.25) is 0 Å². The van der Waals surface area contributed by atoms with Crippen molar-refractivity contribution in [3.63, 3.8) is 0 Å². The van der Waals surface area contributed by atoms with Crippen LogP contribution in [0.4, 0.5) is 10.5 Å². The van der Waals surface area contributed by atoms with Crippen molar-refractivity contribution in [2.24, 2.45) is 0 Å². The Bertz CT molecular complexity index is 459. The molecule has 6 heteroatoms. The minimum absolute atomic E-state index is 0.0942. The maximum Gasteiger partial charge on any atom is 0.321 e. The van der Waals surface area contributed by atoms with Gasteiger partial charge in [-0.15, -0.1) is 0 Å². The van der Waals surface area contributed by atoms with Crippen molar-refractivity contribution in [3.8, 4) is 5.75 Å². The molecule has 3 N–H and O–H groups in total. The number of nitrogens with one attached hydrogen (secondary N) is 1. The van der Waals surface area contributed by atoms with Crippen LogP contribution in [0.1, 0.15) is 26.2 Å². The maximum atomic E-state index is 12.1. The summed E-state index contributed by atoms with van der Waals surface area (Å²) in [5.74, 6) is -0.812. The first kappa shape index (κ1) is 15.8. The molecule has 0 heterocycles. The van der Waals surface area contributed by atoms with Gasteiger partial charge in [-0.25, -0.2) is 4.79 Å². The zero-order valence-corrected chi connectivity index (χ0v) is 11.7. The van der Waals surface area contributed by atoms with Crippen LogP contribution in [0.2, 0.25) is 0 Å². The number of phenols is 1. The number of hydrogen-bond donors (Lipinski definition) is 3. The molecule has 0 aliphatic heterocycles. The molecule has 0 saturated heterocycles. The van der Waals surface area contributed by atoms with Crippen molar-refractivity contribution < 1.29 is 19.8 Å². The smallest absolute Gasteiger partial charge is 0.321 e. The molecule has 1 atom stereocenters. The van der Waals surface area contributed by atoms with Crippen molar-refractivity contribution in [2.45, 2.75) is 32.2 Å². The monoisotopic (exact) mass is 280 g/mol. The fourth-order valence-corrected chi connectivity index (χ4v) is 1.85. The highest BCUT2D eigenvalue weighted by Crippen LogP contribution is 2.17. The maximum absolute atomic E-state index is 12.1. The summed E-state index contributed by atoms with van der Waals surface area (Å²) in [6.45, 7) is 1.94. The molecule has 0 saturated carbocycles. The fourth-order valence-electron chi connectivity index (χ4n) is 1.85. The van der Waals surface area contributed by atoms with Crippen LogP contribution in [0.15, 0.2) is 24.3 Å². The van der Waals surface area contributed by atoms with E-state index in [1.165, 1.54) is 17.0 Å². The van der Waals surface area contributed by atoms with Gasteiger partial charge in [0.15, 0.2) is 0 Å². The summed E-state index contributed by atoms with van der Waals surface area (Å²) in [7, 11) is 1.59. The molecule has 0 aromatic heterocycles. The number of aromatic hydroxyl groups is 1. The Morgan fingerprint density at radius 1 is 1.30 bits per heavy atom. The number of anilines is 1. The van der Waals surface area contributed by atoms with E-state index in [2.05, 4.69) is 5.32 Å². The lowest BCUT2D eigenvalue weighted by Crippen LogP contribution is -2.44. The van der Waals surface area contributed by atoms with E-state index in [4.69, 9.17) is 5.11 Å². The fraction of sp³-hybridized carbons (Fsp3) is 0.429. The first-order chi connectivity index (χ1) is 9.43. The lowest BCUT2D eigenvalue weighted by Gasteiger charge is -2.22.